The van der Waals surface area contributed by atoms with Gasteiger partial charge in [0.15, 0.2) is 5.82 Å². The zero-order valence-corrected chi connectivity index (χ0v) is 11.7. The molecule has 0 aromatic carbocycles. The summed E-state index contributed by atoms with van der Waals surface area (Å²) in [5, 5.41) is 16.3. The van der Waals surface area contributed by atoms with E-state index in [1.54, 1.807) is 13.0 Å². The molecule has 0 saturated heterocycles. The monoisotopic (exact) mass is 288 g/mol. The zero-order valence-electron chi connectivity index (χ0n) is 11.7. The molecule has 0 atom stereocenters. The number of pyridine rings is 1. The molecule has 1 aliphatic carbocycles. The number of rotatable bonds is 5. The van der Waals surface area contributed by atoms with Crippen LogP contribution in [0.25, 0.3) is 0 Å². The second kappa shape index (κ2) is 5.51. The molecule has 1 fully saturated rings. The van der Waals surface area contributed by atoms with Gasteiger partial charge in [0, 0.05) is 24.6 Å². The van der Waals surface area contributed by atoms with E-state index in [9.17, 15) is 9.90 Å². The van der Waals surface area contributed by atoms with Crippen molar-refractivity contribution in [3.05, 3.63) is 35.2 Å². The number of aromatic hydroxyl groups is 1. The van der Waals surface area contributed by atoms with Crippen molar-refractivity contribution in [2.45, 2.75) is 32.1 Å². The number of aromatic nitrogens is 3. The van der Waals surface area contributed by atoms with Gasteiger partial charge in [-0.25, -0.2) is 0 Å². The summed E-state index contributed by atoms with van der Waals surface area (Å²) in [6.07, 6.45) is 3.98. The third-order valence-corrected chi connectivity index (χ3v) is 3.31. The maximum absolute atomic E-state index is 12.0. The third-order valence-electron chi connectivity index (χ3n) is 3.31. The minimum absolute atomic E-state index is 0.132. The van der Waals surface area contributed by atoms with E-state index in [2.05, 4.69) is 20.4 Å². The summed E-state index contributed by atoms with van der Waals surface area (Å²) in [4.78, 5) is 20.2. The predicted molar refractivity (Wildman–Crippen MR) is 72.9 cm³/mol. The van der Waals surface area contributed by atoms with Crippen LogP contribution in [0, 0.1) is 6.92 Å². The van der Waals surface area contributed by atoms with E-state index in [1.165, 1.54) is 6.20 Å². The first kappa shape index (κ1) is 13.5. The van der Waals surface area contributed by atoms with Gasteiger partial charge in [0.2, 0.25) is 5.89 Å². The lowest BCUT2D eigenvalue weighted by molar-refractivity contribution is 0.0950. The minimum Gasteiger partial charge on any atom is -0.505 e. The number of carbonyl (C=O) groups is 1. The SMILES string of the molecule is Cc1cc(C(=O)NCCc2nc(C3CC3)no2)c(O)cn1. The summed E-state index contributed by atoms with van der Waals surface area (Å²) in [6.45, 7) is 2.13. The second-order valence-electron chi connectivity index (χ2n) is 5.17. The fourth-order valence-corrected chi connectivity index (χ4v) is 1.99. The van der Waals surface area contributed by atoms with Crippen molar-refractivity contribution < 1.29 is 14.4 Å². The van der Waals surface area contributed by atoms with Crippen molar-refractivity contribution >= 4 is 5.91 Å². The molecule has 2 heterocycles. The zero-order chi connectivity index (χ0) is 14.8. The Labute approximate surface area is 121 Å². The number of hydrogen-bond donors (Lipinski definition) is 2. The van der Waals surface area contributed by atoms with Crippen molar-refractivity contribution in [1.29, 1.82) is 0 Å². The summed E-state index contributed by atoms with van der Waals surface area (Å²) in [5.41, 5.74) is 0.885. The minimum atomic E-state index is -0.347. The molecule has 2 aromatic heterocycles. The highest BCUT2D eigenvalue weighted by molar-refractivity contribution is 5.96. The Hall–Kier alpha value is -2.44. The van der Waals surface area contributed by atoms with Crippen LogP contribution in [-0.2, 0) is 6.42 Å². The molecule has 0 spiro atoms. The summed E-state index contributed by atoms with van der Waals surface area (Å²) < 4.78 is 5.12. The first-order valence-electron chi connectivity index (χ1n) is 6.90. The first-order valence-corrected chi connectivity index (χ1v) is 6.90. The second-order valence-corrected chi connectivity index (χ2v) is 5.17. The normalized spacial score (nSPS) is 14.1. The average molecular weight is 288 g/mol. The van der Waals surface area contributed by atoms with Crippen molar-refractivity contribution in [3.63, 3.8) is 0 Å². The predicted octanol–water partition coefficient (Wildman–Crippen LogP) is 1.33. The first-order chi connectivity index (χ1) is 10.1. The van der Waals surface area contributed by atoms with E-state index in [0.717, 1.165) is 18.7 Å². The Kier molecular flexibility index (Phi) is 3.55. The van der Waals surface area contributed by atoms with Gasteiger partial charge in [0.1, 0.15) is 5.75 Å². The fourth-order valence-electron chi connectivity index (χ4n) is 1.99. The van der Waals surface area contributed by atoms with Gasteiger partial charge in [-0.15, -0.1) is 0 Å². The molecule has 110 valence electrons. The summed E-state index contributed by atoms with van der Waals surface area (Å²) in [5.74, 6) is 1.26. The number of nitrogens with zero attached hydrogens (tertiary/aromatic N) is 3. The van der Waals surface area contributed by atoms with Crippen molar-refractivity contribution in [1.82, 2.24) is 20.4 Å². The van der Waals surface area contributed by atoms with Gasteiger partial charge in [0.05, 0.1) is 11.8 Å². The lowest BCUT2D eigenvalue weighted by Gasteiger charge is -2.06. The molecule has 1 saturated carbocycles. The van der Waals surface area contributed by atoms with Gasteiger partial charge < -0.3 is 14.9 Å². The summed E-state index contributed by atoms with van der Waals surface area (Å²) in [7, 11) is 0. The Morgan fingerprint density at radius 3 is 3.10 bits per heavy atom. The molecule has 7 nitrogen and oxygen atoms in total. The number of aryl methyl sites for hydroxylation is 1. The maximum Gasteiger partial charge on any atom is 0.255 e. The molecule has 2 aromatic rings. The van der Waals surface area contributed by atoms with E-state index in [4.69, 9.17) is 4.52 Å². The van der Waals surface area contributed by atoms with Crippen LogP contribution in [0.5, 0.6) is 5.75 Å². The van der Waals surface area contributed by atoms with E-state index < -0.39 is 0 Å². The van der Waals surface area contributed by atoms with Gasteiger partial charge >= 0.3 is 0 Å². The molecule has 0 radical (unpaired) electrons. The van der Waals surface area contributed by atoms with E-state index in [1.807, 2.05) is 0 Å². The average Bonchev–Trinajstić information content (AvgIpc) is 3.21. The Morgan fingerprint density at radius 1 is 1.52 bits per heavy atom. The van der Waals surface area contributed by atoms with Crippen molar-refractivity contribution in [2.75, 3.05) is 6.54 Å². The van der Waals surface area contributed by atoms with Crippen LogP contribution in [-0.4, -0.2) is 32.7 Å². The van der Waals surface area contributed by atoms with Crippen LogP contribution in [0.3, 0.4) is 0 Å². The summed E-state index contributed by atoms with van der Waals surface area (Å²) in [6, 6.07) is 1.54. The number of amides is 1. The van der Waals surface area contributed by atoms with Crippen LogP contribution < -0.4 is 5.32 Å². The van der Waals surface area contributed by atoms with Crippen LogP contribution in [0.2, 0.25) is 0 Å². The lowest BCUT2D eigenvalue weighted by Crippen LogP contribution is -2.26. The Bertz CT molecular complexity index is 664. The molecule has 1 amide bonds. The third kappa shape index (κ3) is 3.18. The highest BCUT2D eigenvalue weighted by atomic mass is 16.5. The van der Waals surface area contributed by atoms with Gasteiger partial charge in [-0.3, -0.25) is 9.78 Å². The molecule has 2 N–H and O–H groups in total. The highest BCUT2D eigenvalue weighted by Gasteiger charge is 2.28. The smallest absolute Gasteiger partial charge is 0.255 e. The van der Waals surface area contributed by atoms with Crippen molar-refractivity contribution in [2.24, 2.45) is 0 Å². The molecule has 3 rings (SSSR count). The van der Waals surface area contributed by atoms with Gasteiger partial charge in [-0.1, -0.05) is 5.16 Å². The van der Waals surface area contributed by atoms with Crippen LogP contribution >= 0.6 is 0 Å². The maximum atomic E-state index is 12.0. The Balaban J connectivity index is 1.54. The molecule has 0 bridgehead atoms. The van der Waals surface area contributed by atoms with Gasteiger partial charge in [-0.2, -0.15) is 4.98 Å². The number of nitrogens with one attached hydrogen (secondary N) is 1. The molecular weight excluding hydrogens is 272 g/mol. The molecule has 1 aliphatic rings. The molecule has 7 heteroatoms. The van der Waals surface area contributed by atoms with E-state index >= 15 is 0 Å². The standard InChI is InChI=1S/C14H16N4O3/c1-8-6-10(11(19)7-16-8)14(20)15-5-4-12-17-13(18-21-12)9-2-3-9/h6-7,9,19H,2-5H2,1H3,(H,15,20). The van der Waals surface area contributed by atoms with Crippen LogP contribution in [0.1, 0.15) is 46.5 Å². The van der Waals surface area contributed by atoms with Crippen LogP contribution in [0.4, 0.5) is 0 Å². The molecule has 0 unspecified atom stereocenters. The number of hydrogen-bond acceptors (Lipinski definition) is 6. The van der Waals surface area contributed by atoms with Crippen molar-refractivity contribution in [3.8, 4) is 5.75 Å². The lowest BCUT2D eigenvalue weighted by atomic mass is 10.2. The highest BCUT2D eigenvalue weighted by Crippen LogP contribution is 2.38. The van der Waals surface area contributed by atoms with Gasteiger partial charge in [0.25, 0.3) is 5.91 Å². The Morgan fingerprint density at radius 2 is 2.33 bits per heavy atom. The van der Waals surface area contributed by atoms with E-state index in [-0.39, 0.29) is 17.2 Å². The van der Waals surface area contributed by atoms with Gasteiger partial charge in [-0.05, 0) is 25.8 Å². The van der Waals surface area contributed by atoms with E-state index in [0.29, 0.717) is 30.5 Å². The summed E-state index contributed by atoms with van der Waals surface area (Å²) >= 11 is 0. The van der Waals surface area contributed by atoms with Crippen LogP contribution in [0.15, 0.2) is 16.8 Å². The molecule has 21 heavy (non-hydrogen) atoms. The topological polar surface area (TPSA) is 101 Å². The molecular formula is C14H16N4O3. The number of carbonyl (C=O) groups excluding carboxylic acids is 1. The fraction of sp³-hybridized carbons (Fsp3) is 0.429. The largest absolute Gasteiger partial charge is 0.505 e. The quantitative estimate of drug-likeness (QED) is 0.860. The molecule has 0 aliphatic heterocycles.